The maximum atomic E-state index is 8.60. The molecule has 1 aliphatic rings. The van der Waals surface area contributed by atoms with Crippen LogP contribution in [0.2, 0.25) is 0 Å². The summed E-state index contributed by atoms with van der Waals surface area (Å²) in [6.45, 7) is 3.64. The van der Waals surface area contributed by atoms with Gasteiger partial charge in [-0.25, -0.2) is 0 Å². The van der Waals surface area contributed by atoms with E-state index in [4.69, 9.17) is 14.6 Å². The Bertz CT molecular complexity index is 124. The Morgan fingerprint density at radius 2 is 2.60 bits per heavy atom. The zero-order chi connectivity index (χ0) is 7.56. The fourth-order valence-electron chi connectivity index (χ4n) is 0.957. The smallest absolute Gasteiger partial charge is 0.116 e. The zero-order valence-electron chi connectivity index (χ0n) is 5.99. The van der Waals surface area contributed by atoms with E-state index in [1.165, 1.54) is 0 Å². The molecule has 58 valence electrons. The normalized spacial score (nSPS) is 33.4. The highest BCUT2D eigenvalue weighted by molar-refractivity contribution is 4.98. The molecule has 0 unspecified atom stereocenters. The van der Waals surface area contributed by atoms with Crippen LogP contribution < -0.4 is 0 Å². The molecule has 0 aromatic carbocycles. The van der Waals surface area contributed by atoms with Gasteiger partial charge >= 0.3 is 0 Å². The summed E-state index contributed by atoms with van der Waals surface area (Å²) in [5, 5.41) is 8.60. The standard InChI is InChI=1S/C7H12O3/c1-3-5(9-2)7-6(4-8)10-7/h3,5-8H,1,4H2,2H3/t5-,6+,7-/m1/s1. The molecule has 0 amide bonds. The molecule has 10 heavy (non-hydrogen) atoms. The second kappa shape index (κ2) is 3.14. The lowest BCUT2D eigenvalue weighted by Crippen LogP contribution is -2.17. The summed E-state index contributed by atoms with van der Waals surface area (Å²) >= 11 is 0. The first-order chi connectivity index (χ1) is 4.83. The van der Waals surface area contributed by atoms with Gasteiger partial charge in [-0.05, 0) is 0 Å². The lowest BCUT2D eigenvalue weighted by atomic mass is 10.2. The number of hydrogen-bond donors (Lipinski definition) is 1. The molecule has 1 heterocycles. The maximum absolute atomic E-state index is 8.60. The number of aliphatic hydroxyl groups is 1. The first-order valence-electron chi connectivity index (χ1n) is 3.25. The van der Waals surface area contributed by atoms with Crippen LogP contribution >= 0.6 is 0 Å². The van der Waals surface area contributed by atoms with Crippen molar-refractivity contribution in [3.8, 4) is 0 Å². The van der Waals surface area contributed by atoms with Gasteiger partial charge in [0, 0.05) is 7.11 Å². The molecule has 1 saturated heterocycles. The number of aliphatic hydroxyl groups excluding tert-OH is 1. The van der Waals surface area contributed by atoms with Gasteiger partial charge in [0.15, 0.2) is 0 Å². The number of methoxy groups -OCH3 is 1. The maximum Gasteiger partial charge on any atom is 0.116 e. The topological polar surface area (TPSA) is 42.0 Å². The van der Waals surface area contributed by atoms with Crippen LogP contribution in [0.15, 0.2) is 12.7 Å². The SMILES string of the molecule is C=C[C@@H](OC)[C@H]1O[C@H]1CO. The first kappa shape index (κ1) is 7.72. The van der Waals surface area contributed by atoms with Crippen LogP contribution in [0.1, 0.15) is 0 Å². The van der Waals surface area contributed by atoms with E-state index >= 15 is 0 Å². The third kappa shape index (κ3) is 1.37. The van der Waals surface area contributed by atoms with Gasteiger partial charge in [0.05, 0.1) is 6.61 Å². The molecule has 0 spiro atoms. The Morgan fingerprint density at radius 3 is 2.90 bits per heavy atom. The van der Waals surface area contributed by atoms with Crippen LogP contribution in [0.25, 0.3) is 0 Å². The second-order valence-electron chi connectivity index (χ2n) is 2.26. The summed E-state index contributed by atoms with van der Waals surface area (Å²) in [7, 11) is 1.60. The second-order valence-corrected chi connectivity index (χ2v) is 2.26. The Labute approximate surface area is 60.3 Å². The van der Waals surface area contributed by atoms with Crippen molar-refractivity contribution >= 4 is 0 Å². The number of rotatable bonds is 4. The summed E-state index contributed by atoms with van der Waals surface area (Å²) in [5.41, 5.74) is 0. The molecule has 0 aliphatic carbocycles. The van der Waals surface area contributed by atoms with Crippen molar-refractivity contribution in [1.29, 1.82) is 0 Å². The Hall–Kier alpha value is -0.380. The van der Waals surface area contributed by atoms with Gasteiger partial charge in [-0.2, -0.15) is 0 Å². The molecular weight excluding hydrogens is 132 g/mol. The van der Waals surface area contributed by atoms with Crippen molar-refractivity contribution in [3.63, 3.8) is 0 Å². The monoisotopic (exact) mass is 144 g/mol. The van der Waals surface area contributed by atoms with Gasteiger partial charge in [0.25, 0.3) is 0 Å². The van der Waals surface area contributed by atoms with E-state index in [1.807, 2.05) is 0 Å². The number of epoxide rings is 1. The van der Waals surface area contributed by atoms with Crippen LogP contribution in [0.4, 0.5) is 0 Å². The average molecular weight is 144 g/mol. The lowest BCUT2D eigenvalue weighted by Gasteiger charge is -2.04. The summed E-state index contributed by atoms with van der Waals surface area (Å²) < 4.78 is 10.1. The van der Waals surface area contributed by atoms with E-state index in [0.717, 1.165) is 0 Å². The van der Waals surface area contributed by atoms with E-state index in [9.17, 15) is 0 Å². The van der Waals surface area contributed by atoms with Crippen LogP contribution in [0.5, 0.6) is 0 Å². The minimum Gasteiger partial charge on any atom is -0.394 e. The van der Waals surface area contributed by atoms with E-state index in [-0.39, 0.29) is 24.9 Å². The highest BCUT2D eigenvalue weighted by atomic mass is 16.6. The molecule has 1 aliphatic heterocycles. The third-order valence-electron chi connectivity index (χ3n) is 1.63. The fraction of sp³-hybridized carbons (Fsp3) is 0.714. The van der Waals surface area contributed by atoms with Gasteiger partial charge in [0.2, 0.25) is 0 Å². The lowest BCUT2D eigenvalue weighted by molar-refractivity contribution is 0.113. The van der Waals surface area contributed by atoms with E-state index in [1.54, 1.807) is 13.2 Å². The van der Waals surface area contributed by atoms with Gasteiger partial charge in [-0.3, -0.25) is 0 Å². The van der Waals surface area contributed by atoms with E-state index in [0.29, 0.717) is 0 Å². The molecule has 0 aromatic rings. The molecule has 0 radical (unpaired) electrons. The van der Waals surface area contributed by atoms with Crippen LogP contribution in [0.3, 0.4) is 0 Å². The molecule has 0 aromatic heterocycles. The van der Waals surface area contributed by atoms with Gasteiger partial charge in [0.1, 0.15) is 18.3 Å². The average Bonchev–Trinajstić information content (AvgIpc) is 2.70. The van der Waals surface area contributed by atoms with Crippen molar-refractivity contribution in [2.45, 2.75) is 18.3 Å². The van der Waals surface area contributed by atoms with Gasteiger partial charge in [-0.15, -0.1) is 6.58 Å². The Kier molecular flexibility index (Phi) is 2.43. The summed E-state index contributed by atoms with van der Waals surface area (Å²) in [6, 6.07) is 0. The molecule has 1 fully saturated rings. The molecule has 0 bridgehead atoms. The van der Waals surface area contributed by atoms with Crippen molar-refractivity contribution < 1.29 is 14.6 Å². The van der Waals surface area contributed by atoms with Gasteiger partial charge in [-0.1, -0.05) is 6.08 Å². The molecular formula is C7H12O3. The molecule has 3 atom stereocenters. The van der Waals surface area contributed by atoms with Gasteiger partial charge < -0.3 is 14.6 Å². The van der Waals surface area contributed by atoms with Crippen LogP contribution in [0, 0.1) is 0 Å². The largest absolute Gasteiger partial charge is 0.394 e. The van der Waals surface area contributed by atoms with Crippen molar-refractivity contribution in [3.05, 3.63) is 12.7 Å². The Morgan fingerprint density at radius 1 is 1.90 bits per heavy atom. The molecule has 3 heteroatoms. The predicted octanol–water partition coefficient (Wildman–Crippen LogP) is -0.0529. The molecule has 0 saturated carbocycles. The number of ether oxygens (including phenoxy) is 2. The minimum absolute atomic E-state index is 0.0208. The molecule has 1 rings (SSSR count). The molecule has 1 N–H and O–H groups in total. The quantitative estimate of drug-likeness (QED) is 0.444. The minimum atomic E-state index is -0.0721. The molecule has 3 nitrogen and oxygen atoms in total. The highest BCUT2D eigenvalue weighted by Gasteiger charge is 2.43. The van der Waals surface area contributed by atoms with Crippen molar-refractivity contribution in [1.82, 2.24) is 0 Å². The highest BCUT2D eigenvalue weighted by Crippen LogP contribution is 2.26. The summed E-state index contributed by atoms with van der Waals surface area (Å²) in [4.78, 5) is 0. The fourth-order valence-corrected chi connectivity index (χ4v) is 0.957. The number of hydrogen-bond acceptors (Lipinski definition) is 3. The summed E-state index contributed by atoms with van der Waals surface area (Å²) in [6.07, 6.45) is 1.59. The van der Waals surface area contributed by atoms with Crippen LogP contribution in [-0.2, 0) is 9.47 Å². The zero-order valence-corrected chi connectivity index (χ0v) is 5.99. The first-order valence-corrected chi connectivity index (χ1v) is 3.25. The Balaban J connectivity index is 2.29. The van der Waals surface area contributed by atoms with Crippen molar-refractivity contribution in [2.24, 2.45) is 0 Å². The predicted molar refractivity (Wildman–Crippen MR) is 36.7 cm³/mol. The van der Waals surface area contributed by atoms with Crippen LogP contribution in [-0.4, -0.2) is 37.1 Å². The van der Waals surface area contributed by atoms with E-state index in [2.05, 4.69) is 6.58 Å². The summed E-state index contributed by atoms with van der Waals surface area (Å²) in [5.74, 6) is 0. The third-order valence-corrected chi connectivity index (χ3v) is 1.63. The van der Waals surface area contributed by atoms with E-state index < -0.39 is 0 Å². The van der Waals surface area contributed by atoms with Crippen molar-refractivity contribution in [2.75, 3.05) is 13.7 Å².